The average Bonchev–Trinajstić information content (AvgIpc) is 2.19. The van der Waals surface area contributed by atoms with E-state index >= 15 is 0 Å². The largest absolute Gasteiger partial charge is 0.302 e. The molecule has 0 aliphatic carbocycles. The second-order valence-corrected chi connectivity index (χ2v) is 2.43. The van der Waals surface area contributed by atoms with Gasteiger partial charge in [0.1, 0.15) is 11.8 Å². The Morgan fingerprint density at radius 3 is 3.15 bits per heavy atom. The van der Waals surface area contributed by atoms with Crippen LogP contribution in [0.3, 0.4) is 0 Å². The Kier molecular flexibility index (Phi) is 3.50. The molecular weight excluding hydrogens is 162 g/mol. The van der Waals surface area contributed by atoms with Gasteiger partial charge in [0.25, 0.3) is 0 Å². The molecule has 0 aliphatic heterocycles. The van der Waals surface area contributed by atoms with Crippen molar-refractivity contribution in [2.45, 2.75) is 6.54 Å². The van der Waals surface area contributed by atoms with Crippen LogP contribution in [0.4, 0.5) is 0 Å². The fraction of sp³-hybridized carbons (Fsp3) is 0.200. The van der Waals surface area contributed by atoms with Crippen molar-refractivity contribution in [3.05, 3.63) is 29.6 Å². The summed E-state index contributed by atoms with van der Waals surface area (Å²) in [6.07, 6.45) is 6.67. The van der Waals surface area contributed by atoms with E-state index in [1.807, 2.05) is 12.1 Å². The molecule has 0 unspecified atom stereocenters. The number of nitriles is 1. The van der Waals surface area contributed by atoms with E-state index in [-0.39, 0.29) is 0 Å². The highest BCUT2D eigenvalue weighted by Crippen LogP contribution is 2.02. The number of hydrogen-bond donors (Lipinski definition) is 1. The van der Waals surface area contributed by atoms with Crippen molar-refractivity contribution >= 4 is 0 Å². The lowest BCUT2D eigenvalue weighted by molar-refractivity contribution is 0.764. The van der Waals surface area contributed by atoms with Gasteiger partial charge in [-0.25, -0.2) is 4.98 Å². The second kappa shape index (κ2) is 4.92. The lowest BCUT2D eigenvalue weighted by atomic mass is 10.2. The van der Waals surface area contributed by atoms with Gasteiger partial charge < -0.3 is 5.32 Å². The normalized spacial score (nSPS) is 8.77. The minimum absolute atomic E-state index is 0.451. The highest BCUT2D eigenvalue weighted by molar-refractivity contribution is 5.30. The Labute approximate surface area is 77.4 Å². The average molecular weight is 171 g/mol. The van der Waals surface area contributed by atoms with Crippen molar-refractivity contribution in [3.63, 3.8) is 0 Å². The van der Waals surface area contributed by atoms with Crippen molar-refractivity contribution in [2.24, 2.45) is 0 Å². The minimum Gasteiger partial charge on any atom is -0.302 e. The number of nitrogens with zero attached hydrogens (tertiary/aromatic N) is 2. The molecule has 0 saturated heterocycles. The molecule has 3 nitrogen and oxygen atoms in total. The maximum atomic E-state index is 8.69. The first-order chi connectivity index (χ1) is 6.38. The van der Waals surface area contributed by atoms with Crippen molar-refractivity contribution in [2.75, 3.05) is 6.54 Å². The smallest absolute Gasteiger partial charge is 0.144 e. The van der Waals surface area contributed by atoms with Crippen LogP contribution in [0.25, 0.3) is 0 Å². The topological polar surface area (TPSA) is 48.7 Å². The highest BCUT2D eigenvalue weighted by Gasteiger charge is 1.99. The van der Waals surface area contributed by atoms with Gasteiger partial charge >= 0.3 is 0 Å². The second-order valence-electron chi connectivity index (χ2n) is 2.43. The van der Waals surface area contributed by atoms with Crippen molar-refractivity contribution in [1.29, 1.82) is 5.26 Å². The molecular formula is C10H9N3. The van der Waals surface area contributed by atoms with Crippen LogP contribution in [0.15, 0.2) is 18.3 Å². The molecule has 1 heterocycles. The van der Waals surface area contributed by atoms with Crippen molar-refractivity contribution in [1.82, 2.24) is 10.3 Å². The molecule has 1 N–H and O–H groups in total. The van der Waals surface area contributed by atoms with E-state index in [2.05, 4.69) is 16.2 Å². The van der Waals surface area contributed by atoms with Crippen LogP contribution in [0.2, 0.25) is 0 Å². The summed E-state index contributed by atoms with van der Waals surface area (Å²) in [6, 6.07) is 5.68. The van der Waals surface area contributed by atoms with Crippen LogP contribution in [0.1, 0.15) is 11.3 Å². The summed E-state index contributed by atoms with van der Waals surface area (Å²) >= 11 is 0. The van der Waals surface area contributed by atoms with Crippen LogP contribution in [-0.2, 0) is 6.54 Å². The van der Waals surface area contributed by atoms with Crippen LogP contribution in [-0.4, -0.2) is 11.5 Å². The zero-order valence-electron chi connectivity index (χ0n) is 7.12. The van der Waals surface area contributed by atoms with Gasteiger partial charge in [0.05, 0.1) is 6.54 Å². The van der Waals surface area contributed by atoms with Crippen molar-refractivity contribution in [3.8, 4) is 18.4 Å². The molecule has 0 radical (unpaired) electrons. The Bertz CT molecular complexity index is 357. The molecule has 0 aromatic carbocycles. The molecule has 1 rings (SSSR count). The van der Waals surface area contributed by atoms with Gasteiger partial charge in [-0.3, -0.25) is 0 Å². The summed E-state index contributed by atoms with van der Waals surface area (Å²) < 4.78 is 0. The standard InChI is InChI=1S/C10H9N3/c1-2-5-12-8-9-4-3-6-13-10(9)7-11/h1,3-4,6,12H,5,8H2. The number of pyridine rings is 1. The first-order valence-electron chi connectivity index (χ1n) is 3.86. The number of aromatic nitrogens is 1. The number of hydrogen-bond acceptors (Lipinski definition) is 3. The molecule has 64 valence electrons. The molecule has 0 spiro atoms. The lowest BCUT2D eigenvalue weighted by Crippen LogP contribution is -2.14. The maximum Gasteiger partial charge on any atom is 0.144 e. The maximum absolute atomic E-state index is 8.69. The van der Waals surface area contributed by atoms with Gasteiger partial charge in [-0.1, -0.05) is 12.0 Å². The quantitative estimate of drug-likeness (QED) is 0.537. The van der Waals surface area contributed by atoms with E-state index < -0.39 is 0 Å². The van der Waals surface area contributed by atoms with Crippen LogP contribution in [0, 0.1) is 23.7 Å². The van der Waals surface area contributed by atoms with Crippen molar-refractivity contribution < 1.29 is 0 Å². The monoisotopic (exact) mass is 171 g/mol. The van der Waals surface area contributed by atoms with Gasteiger partial charge in [-0.05, 0) is 6.07 Å². The lowest BCUT2D eigenvalue weighted by Gasteiger charge is -2.01. The van der Waals surface area contributed by atoms with E-state index in [1.165, 1.54) is 0 Å². The molecule has 0 aliphatic rings. The molecule has 0 atom stereocenters. The molecule has 0 fully saturated rings. The third kappa shape index (κ3) is 2.59. The molecule has 13 heavy (non-hydrogen) atoms. The zero-order valence-corrected chi connectivity index (χ0v) is 7.12. The van der Waals surface area contributed by atoms with Gasteiger partial charge in [-0.2, -0.15) is 5.26 Å². The summed E-state index contributed by atoms with van der Waals surface area (Å²) in [5, 5.41) is 11.7. The molecule has 1 aromatic heterocycles. The third-order valence-electron chi connectivity index (χ3n) is 1.54. The van der Waals surface area contributed by atoms with E-state index in [0.717, 1.165) is 5.56 Å². The first-order valence-corrected chi connectivity index (χ1v) is 3.86. The fourth-order valence-electron chi connectivity index (χ4n) is 0.951. The van der Waals surface area contributed by atoms with Gasteiger partial charge in [-0.15, -0.1) is 6.42 Å². The van der Waals surface area contributed by atoms with Crippen LogP contribution in [0.5, 0.6) is 0 Å². The van der Waals surface area contributed by atoms with Gasteiger partial charge in [0.15, 0.2) is 0 Å². The molecule has 0 bridgehead atoms. The van der Waals surface area contributed by atoms with E-state index in [0.29, 0.717) is 18.8 Å². The zero-order chi connectivity index (χ0) is 9.52. The molecule has 0 saturated carbocycles. The predicted molar refractivity (Wildman–Crippen MR) is 49.5 cm³/mol. The fourth-order valence-corrected chi connectivity index (χ4v) is 0.951. The third-order valence-corrected chi connectivity index (χ3v) is 1.54. The number of rotatable bonds is 3. The minimum atomic E-state index is 0.451. The summed E-state index contributed by atoms with van der Waals surface area (Å²) in [4.78, 5) is 3.92. The number of nitrogens with one attached hydrogen (secondary N) is 1. The Morgan fingerprint density at radius 2 is 2.46 bits per heavy atom. The van der Waals surface area contributed by atoms with E-state index in [9.17, 15) is 0 Å². The highest BCUT2D eigenvalue weighted by atomic mass is 14.8. The SMILES string of the molecule is C#CCNCc1cccnc1C#N. The van der Waals surface area contributed by atoms with Crippen LogP contribution < -0.4 is 5.32 Å². The first kappa shape index (κ1) is 9.25. The van der Waals surface area contributed by atoms with E-state index in [1.54, 1.807) is 12.3 Å². The summed E-state index contributed by atoms with van der Waals surface area (Å²) in [7, 11) is 0. The van der Waals surface area contributed by atoms with Gasteiger partial charge in [0.2, 0.25) is 0 Å². The molecule has 3 heteroatoms. The molecule has 0 amide bonds. The summed E-state index contributed by atoms with van der Waals surface area (Å²) in [6.45, 7) is 1.08. The summed E-state index contributed by atoms with van der Waals surface area (Å²) in [5.41, 5.74) is 1.33. The predicted octanol–water partition coefficient (Wildman–Crippen LogP) is 0.676. The van der Waals surface area contributed by atoms with Crippen LogP contribution >= 0.6 is 0 Å². The van der Waals surface area contributed by atoms with E-state index in [4.69, 9.17) is 11.7 Å². The van der Waals surface area contributed by atoms with Gasteiger partial charge in [0, 0.05) is 18.3 Å². The number of terminal acetylenes is 1. The summed E-state index contributed by atoms with van der Waals surface area (Å²) in [5.74, 6) is 2.46. The Balaban J connectivity index is 2.67. The Morgan fingerprint density at radius 1 is 1.62 bits per heavy atom. The Hall–Kier alpha value is -1.84. The molecule has 1 aromatic rings.